The number of aliphatic hydroxyl groups excluding tert-OH is 5. The van der Waals surface area contributed by atoms with Crippen LogP contribution in [0.15, 0.2) is 0 Å². The Bertz CT molecular complexity index is 113. The minimum atomic E-state index is -1.56. The lowest BCUT2D eigenvalue weighted by Gasteiger charge is -2.40. The van der Waals surface area contributed by atoms with Gasteiger partial charge in [0.15, 0.2) is 0 Å². The van der Waals surface area contributed by atoms with Gasteiger partial charge in [-0.1, -0.05) is 0 Å². The minimum absolute atomic E-state index is 0. The van der Waals surface area contributed by atoms with Crippen LogP contribution in [-0.4, -0.2) is 62.1 Å². The highest BCUT2D eigenvalue weighted by atomic mass is 35.5. The first-order valence-electron chi connectivity index (χ1n) is 3.62. The number of nitrogens with two attached hydrogens (primary N) is 1. The Morgan fingerprint density at radius 3 is 1.15 bits per heavy atom. The number of aliphatic hydroxyl groups is 5. The maximum absolute atomic E-state index is 9.10. The van der Waals surface area contributed by atoms with Crippen LogP contribution in [0.25, 0.3) is 0 Å². The fraction of sp³-hybridized carbons (Fsp3) is 1.00. The molecule has 1 rings (SSSR count). The molecule has 0 aromatic rings. The third-order valence-corrected chi connectivity index (χ3v) is 2.19. The Hall–Kier alpha value is 0.0500. The Balaban J connectivity index is 0.00000144. The standard InChI is InChI=1S/C6H13NO5.ClH/c7-1-2(8)4(10)6(12)5(11)3(1)9;/h1-6,8-12H,7H2;1H/t1?,2-,3+,4+,5-,6?;. The van der Waals surface area contributed by atoms with E-state index in [-0.39, 0.29) is 12.4 Å². The van der Waals surface area contributed by atoms with Crippen molar-refractivity contribution in [3.63, 3.8) is 0 Å². The lowest BCUT2D eigenvalue weighted by molar-refractivity contribution is -0.184. The molecule has 6 atom stereocenters. The van der Waals surface area contributed by atoms with E-state index in [9.17, 15) is 0 Å². The van der Waals surface area contributed by atoms with Crippen molar-refractivity contribution in [3.05, 3.63) is 0 Å². The van der Waals surface area contributed by atoms with Crippen LogP contribution < -0.4 is 5.73 Å². The first-order chi connectivity index (χ1) is 5.46. The molecule has 0 radical (unpaired) electrons. The average molecular weight is 216 g/mol. The Labute approximate surface area is 81.0 Å². The summed E-state index contributed by atoms with van der Waals surface area (Å²) in [5.74, 6) is 0. The van der Waals surface area contributed by atoms with Crippen molar-refractivity contribution in [1.29, 1.82) is 0 Å². The monoisotopic (exact) mass is 215 g/mol. The van der Waals surface area contributed by atoms with Crippen molar-refractivity contribution >= 4 is 12.4 Å². The van der Waals surface area contributed by atoms with Crippen molar-refractivity contribution in [2.24, 2.45) is 5.73 Å². The molecular formula is C6H14ClNO5. The van der Waals surface area contributed by atoms with Gasteiger partial charge in [-0.3, -0.25) is 0 Å². The van der Waals surface area contributed by atoms with Crippen LogP contribution in [0.5, 0.6) is 0 Å². The van der Waals surface area contributed by atoms with Gasteiger partial charge < -0.3 is 31.3 Å². The maximum Gasteiger partial charge on any atom is 0.111 e. The van der Waals surface area contributed by atoms with Crippen LogP contribution in [0.4, 0.5) is 0 Å². The van der Waals surface area contributed by atoms with Gasteiger partial charge >= 0.3 is 0 Å². The van der Waals surface area contributed by atoms with Crippen molar-refractivity contribution in [2.45, 2.75) is 36.6 Å². The zero-order valence-corrected chi connectivity index (χ0v) is 7.50. The molecule has 0 bridgehead atoms. The molecule has 1 saturated carbocycles. The Morgan fingerprint density at radius 2 is 0.846 bits per heavy atom. The third kappa shape index (κ3) is 2.10. The average Bonchev–Trinajstić information content (AvgIpc) is 2.08. The van der Waals surface area contributed by atoms with Gasteiger partial charge in [0.1, 0.15) is 30.5 Å². The molecule has 7 heteroatoms. The van der Waals surface area contributed by atoms with E-state index in [1.807, 2.05) is 0 Å². The second-order valence-corrected chi connectivity index (χ2v) is 3.03. The molecule has 0 spiro atoms. The zero-order valence-electron chi connectivity index (χ0n) is 6.69. The molecule has 80 valence electrons. The highest BCUT2D eigenvalue weighted by molar-refractivity contribution is 5.85. The lowest BCUT2D eigenvalue weighted by atomic mass is 9.84. The summed E-state index contributed by atoms with van der Waals surface area (Å²) in [7, 11) is 0. The van der Waals surface area contributed by atoms with Gasteiger partial charge in [0.05, 0.1) is 6.04 Å². The predicted molar refractivity (Wildman–Crippen MR) is 45.3 cm³/mol. The molecule has 7 N–H and O–H groups in total. The largest absolute Gasteiger partial charge is 0.389 e. The van der Waals surface area contributed by atoms with Crippen LogP contribution in [0.2, 0.25) is 0 Å². The molecular weight excluding hydrogens is 202 g/mol. The van der Waals surface area contributed by atoms with Crippen molar-refractivity contribution < 1.29 is 25.5 Å². The highest BCUT2D eigenvalue weighted by Crippen LogP contribution is 2.19. The van der Waals surface area contributed by atoms with Gasteiger partial charge in [0.2, 0.25) is 0 Å². The number of halogens is 1. The first-order valence-corrected chi connectivity index (χ1v) is 3.62. The van der Waals surface area contributed by atoms with E-state index in [2.05, 4.69) is 0 Å². The van der Waals surface area contributed by atoms with E-state index in [0.717, 1.165) is 0 Å². The molecule has 0 heterocycles. The third-order valence-electron chi connectivity index (χ3n) is 2.19. The highest BCUT2D eigenvalue weighted by Gasteiger charge is 2.46. The van der Waals surface area contributed by atoms with Gasteiger partial charge in [0.25, 0.3) is 0 Å². The molecule has 0 saturated heterocycles. The second-order valence-electron chi connectivity index (χ2n) is 3.03. The second kappa shape index (κ2) is 4.52. The molecule has 0 aliphatic heterocycles. The van der Waals surface area contributed by atoms with E-state index in [4.69, 9.17) is 31.3 Å². The molecule has 1 fully saturated rings. The summed E-state index contributed by atoms with van der Waals surface area (Å²) in [6.45, 7) is 0. The van der Waals surface area contributed by atoms with E-state index in [1.165, 1.54) is 0 Å². The molecule has 1 aliphatic rings. The van der Waals surface area contributed by atoms with Gasteiger partial charge in [-0.05, 0) is 0 Å². The first kappa shape index (κ1) is 13.1. The zero-order chi connectivity index (χ0) is 9.46. The van der Waals surface area contributed by atoms with Crippen molar-refractivity contribution in [3.8, 4) is 0 Å². The smallest absolute Gasteiger partial charge is 0.111 e. The Kier molecular flexibility index (Phi) is 4.53. The van der Waals surface area contributed by atoms with Gasteiger partial charge in [-0.2, -0.15) is 0 Å². The van der Waals surface area contributed by atoms with Crippen LogP contribution in [0.1, 0.15) is 0 Å². The summed E-state index contributed by atoms with van der Waals surface area (Å²) in [6, 6.07) is -1.14. The van der Waals surface area contributed by atoms with Gasteiger partial charge in [-0.25, -0.2) is 0 Å². The van der Waals surface area contributed by atoms with E-state index < -0.39 is 36.6 Å². The summed E-state index contributed by atoms with van der Waals surface area (Å²) in [5.41, 5.74) is 5.23. The topological polar surface area (TPSA) is 127 Å². The molecule has 1 aliphatic carbocycles. The maximum atomic E-state index is 9.10. The number of hydrogen-bond donors (Lipinski definition) is 6. The fourth-order valence-corrected chi connectivity index (χ4v) is 1.26. The van der Waals surface area contributed by atoms with Crippen molar-refractivity contribution in [1.82, 2.24) is 0 Å². The SMILES string of the molecule is Cl.NC1[C@@H](O)[C@H](O)C(O)[C@H](O)[C@H]1O. The molecule has 0 aromatic heterocycles. The lowest BCUT2D eigenvalue weighted by Crippen LogP contribution is -2.66. The van der Waals surface area contributed by atoms with Gasteiger partial charge in [-0.15, -0.1) is 12.4 Å². The summed E-state index contributed by atoms with van der Waals surface area (Å²) < 4.78 is 0. The molecule has 13 heavy (non-hydrogen) atoms. The van der Waals surface area contributed by atoms with Crippen LogP contribution in [0.3, 0.4) is 0 Å². The molecule has 2 unspecified atom stereocenters. The normalized spacial score (nSPS) is 51.2. The van der Waals surface area contributed by atoms with E-state index in [0.29, 0.717) is 0 Å². The predicted octanol–water partition coefficient (Wildman–Crippen LogP) is -3.45. The summed E-state index contributed by atoms with van der Waals surface area (Å²) in [6.07, 6.45) is -7.43. The van der Waals surface area contributed by atoms with E-state index >= 15 is 0 Å². The summed E-state index contributed by atoms with van der Waals surface area (Å²) >= 11 is 0. The van der Waals surface area contributed by atoms with Crippen LogP contribution in [0, 0.1) is 0 Å². The molecule has 0 aromatic carbocycles. The quantitative estimate of drug-likeness (QED) is 0.250. The Morgan fingerprint density at radius 1 is 0.615 bits per heavy atom. The molecule has 6 nitrogen and oxygen atoms in total. The van der Waals surface area contributed by atoms with Gasteiger partial charge in [0, 0.05) is 0 Å². The summed E-state index contributed by atoms with van der Waals surface area (Å²) in [5, 5.41) is 45.3. The molecule has 0 amide bonds. The summed E-state index contributed by atoms with van der Waals surface area (Å²) in [4.78, 5) is 0. The van der Waals surface area contributed by atoms with Crippen LogP contribution in [-0.2, 0) is 0 Å². The minimum Gasteiger partial charge on any atom is -0.389 e. The van der Waals surface area contributed by atoms with Crippen molar-refractivity contribution in [2.75, 3.05) is 0 Å². The fourth-order valence-electron chi connectivity index (χ4n) is 1.26. The number of hydrogen-bond acceptors (Lipinski definition) is 6. The number of rotatable bonds is 0. The van der Waals surface area contributed by atoms with E-state index in [1.54, 1.807) is 0 Å². The van der Waals surface area contributed by atoms with Crippen LogP contribution >= 0.6 is 12.4 Å².